The van der Waals surface area contributed by atoms with E-state index in [0.29, 0.717) is 23.9 Å². The van der Waals surface area contributed by atoms with E-state index in [4.69, 9.17) is 18.5 Å². The van der Waals surface area contributed by atoms with Crippen molar-refractivity contribution in [2.75, 3.05) is 47.5 Å². The highest BCUT2D eigenvalue weighted by Gasteiger charge is 2.27. The van der Waals surface area contributed by atoms with E-state index in [0.717, 1.165) is 83.5 Å². The summed E-state index contributed by atoms with van der Waals surface area (Å²) < 4.78 is 34.2. The van der Waals surface area contributed by atoms with Crippen LogP contribution in [0.15, 0.2) is 60.8 Å². The summed E-state index contributed by atoms with van der Waals surface area (Å²) >= 11 is 0. The Balaban J connectivity index is 4.47. The lowest BCUT2D eigenvalue weighted by molar-refractivity contribution is -0.870. The Labute approximate surface area is 324 Å². The van der Waals surface area contributed by atoms with Crippen LogP contribution < -0.4 is 0 Å². The Morgan fingerprint density at radius 3 is 1.62 bits per heavy atom. The molecule has 9 nitrogen and oxygen atoms in total. The van der Waals surface area contributed by atoms with Gasteiger partial charge in [0.2, 0.25) is 0 Å². The molecule has 0 aromatic rings. The highest BCUT2D eigenvalue weighted by molar-refractivity contribution is 7.47. The number of carbonyl (C=O) groups is 2. The smallest absolute Gasteiger partial charge is 0.462 e. The zero-order chi connectivity index (χ0) is 39.3. The Kier molecular flexibility index (Phi) is 33.9. The van der Waals surface area contributed by atoms with Crippen LogP contribution in [0.3, 0.4) is 0 Å². The topological polar surface area (TPSA) is 108 Å². The number of hydrogen-bond acceptors (Lipinski definition) is 7. The summed E-state index contributed by atoms with van der Waals surface area (Å²) in [5.74, 6) is -0.852. The molecule has 0 aliphatic heterocycles. The molecule has 0 radical (unpaired) electrons. The fourth-order valence-electron chi connectivity index (χ4n) is 5.00. The molecule has 0 aliphatic carbocycles. The summed E-state index contributed by atoms with van der Waals surface area (Å²) in [6, 6.07) is 0. The first-order valence-electron chi connectivity index (χ1n) is 20.5. The van der Waals surface area contributed by atoms with Gasteiger partial charge in [-0.25, -0.2) is 4.57 Å². The zero-order valence-electron chi connectivity index (χ0n) is 34.2. The zero-order valence-corrected chi connectivity index (χ0v) is 35.1. The van der Waals surface area contributed by atoms with Gasteiger partial charge in [0.15, 0.2) is 6.10 Å². The second-order valence-corrected chi connectivity index (χ2v) is 16.1. The maximum atomic E-state index is 12.6. The molecule has 0 heterocycles. The number of phosphoric ester groups is 1. The van der Waals surface area contributed by atoms with Gasteiger partial charge in [-0.05, 0) is 77.0 Å². The molecule has 0 aliphatic rings. The number of phosphoric acid groups is 1. The first-order chi connectivity index (χ1) is 25.5. The van der Waals surface area contributed by atoms with Gasteiger partial charge in [0, 0.05) is 12.8 Å². The third kappa shape index (κ3) is 39.2. The number of ether oxygens (including phenoxy) is 2. The minimum Gasteiger partial charge on any atom is -0.462 e. The molecule has 1 N–H and O–H groups in total. The molecule has 1 unspecified atom stereocenters. The van der Waals surface area contributed by atoms with Gasteiger partial charge in [0.1, 0.15) is 19.8 Å². The van der Waals surface area contributed by atoms with Gasteiger partial charge in [-0.3, -0.25) is 18.6 Å². The van der Waals surface area contributed by atoms with Gasteiger partial charge in [0.25, 0.3) is 0 Å². The molecule has 2 atom stereocenters. The van der Waals surface area contributed by atoms with E-state index in [1.807, 2.05) is 21.1 Å². The van der Waals surface area contributed by atoms with Crippen molar-refractivity contribution in [3.63, 3.8) is 0 Å². The molecule has 0 aromatic heterocycles. The van der Waals surface area contributed by atoms with Crippen LogP contribution in [0.5, 0.6) is 0 Å². The Bertz CT molecular complexity index is 1090. The third-order valence-corrected chi connectivity index (χ3v) is 9.24. The molecule has 53 heavy (non-hydrogen) atoms. The number of allylic oxidation sites excluding steroid dienone is 10. The van der Waals surface area contributed by atoms with Crippen molar-refractivity contribution < 1.29 is 42.1 Å². The average molecular weight is 767 g/mol. The van der Waals surface area contributed by atoms with Gasteiger partial charge in [-0.15, -0.1) is 0 Å². The normalized spacial score (nSPS) is 14.3. The lowest BCUT2D eigenvalue weighted by atomic mass is 10.1. The summed E-state index contributed by atoms with van der Waals surface area (Å²) in [5, 5.41) is 0. The van der Waals surface area contributed by atoms with E-state index in [9.17, 15) is 19.0 Å². The number of unbranched alkanes of at least 4 members (excludes halogenated alkanes) is 12. The first kappa shape index (κ1) is 50.7. The largest absolute Gasteiger partial charge is 0.472 e. The summed E-state index contributed by atoms with van der Waals surface area (Å²) in [7, 11) is 1.44. The van der Waals surface area contributed by atoms with Crippen LogP contribution in [0.2, 0.25) is 0 Å². The molecule has 0 bridgehead atoms. The number of rotatable bonds is 36. The van der Waals surface area contributed by atoms with Gasteiger partial charge >= 0.3 is 19.8 Å². The van der Waals surface area contributed by atoms with Crippen LogP contribution in [0.1, 0.15) is 149 Å². The Morgan fingerprint density at radius 2 is 1.06 bits per heavy atom. The standard InChI is InChI=1S/C43H76NO8P/c1-6-8-10-12-14-16-18-20-21-22-23-24-26-27-29-31-33-35-42(45)49-39-41(40-51-53(47,48)50-38-37-44(3,4)5)52-43(46)36-34-32-30-28-25-19-17-15-13-11-9-7-2/h10,12,15-18,21-22,24,26,41H,6-9,11,13-14,19-20,23,25,27-40H2,1-5H3/p+1/b12-10+,17-15+,18-16+,22-21+,26-24+/t41-/m0/s1. The molecule has 0 saturated carbocycles. The maximum absolute atomic E-state index is 12.6. The molecule has 0 fully saturated rings. The fourth-order valence-corrected chi connectivity index (χ4v) is 5.74. The van der Waals surface area contributed by atoms with E-state index in [1.54, 1.807) is 0 Å². The Hall–Kier alpha value is -2.29. The van der Waals surface area contributed by atoms with Crippen LogP contribution >= 0.6 is 7.82 Å². The van der Waals surface area contributed by atoms with Crippen molar-refractivity contribution in [2.24, 2.45) is 0 Å². The average Bonchev–Trinajstić information content (AvgIpc) is 3.10. The second-order valence-electron chi connectivity index (χ2n) is 14.7. The lowest BCUT2D eigenvalue weighted by Crippen LogP contribution is -2.37. The lowest BCUT2D eigenvalue weighted by Gasteiger charge is -2.24. The monoisotopic (exact) mass is 767 g/mol. The Morgan fingerprint density at radius 1 is 0.585 bits per heavy atom. The van der Waals surface area contributed by atoms with Gasteiger partial charge < -0.3 is 18.9 Å². The van der Waals surface area contributed by atoms with Crippen molar-refractivity contribution in [3.8, 4) is 0 Å². The highest BCUT2D eigenvalue weighted by Crippen LogP contribution is 2.43. The quantitative estimate of drug-likeness (QED) is 0.0221. The van der Waals surface area contributed by atoms with Gasteiger partial charge in [-0.1, -0.05) is 120 Å². The number of quaternary nitrogens is 1. The SMILES string of the molecule is CCC/C=C/C/C=C/C/C=C/C/C=C/CCCCCC(=O)OC[C@@H](COP(=O)(O)OCC[N+](C)(C)C)OC(=O)CCCCCCC/C=C/CCCCC. The van der Waals surface area contributed by atoms with Crippen LogP contribution in [0, 0.1) is 0 Å². The summed E-state index contributed by atoms with van der Waals surface area (Å²) in [5.41, 5.74) is 0. The number of likely N-dealkylation sites (N-methyl/N-ethyl adjacent to an activating group) is 1. The summed E-state index contributed by atoms with van der Waals surface area (Å²) in [6.45, 7) is 4.26. The summed E-state index contributed by atoms with van der Waals surface area (Å²) in [4.78, 5) is 35.2. The van der Waals surface area contributed by atoms with Crippen LogP contribution in [-0.4, -0.2) is 74.9 Å². The third-order valence-electron chi connectivity index (χ3n) is 8.25. The molecule has 0 amide bonds. The predicted octanol–water partition coefficient (Wildman–Crippen LogP) is 11.3. The van der Waals surface area contributed by atoms with Gasteiger partial charge in [-0.2, -0.15) is 0 Å². The molecule has 306 valence electrons. The van der Waals surface area contributed by atoms with Gasteiger partial charge in [0.05, 0.1) is 27.7 Å². The van der Waals surface area contributed by atoms with Crippen molar-refractivity contribution in [1.82, 2.24) is 0 Å². The molecular formula is C43H77NO8P+. The predicted molar refractivity (Wildman–Crippen MR) is 219 cm³/mol. The van der Waals surface area contributed by atoms with Crippen LogP contribution in [0.4, 0.5) is 0 Å². The minimum absolute atomic E-state index is 0.0221. The minimum atomic E-state index is -4.38. The van der Waals surface area contributed by atoms with E-state index >= 15 is 0 Å². The fraction of sp³-hybridized carbons (Fsp3) is 0.721. The van der Waals surface area contributed by atoms with E-state index in [2.05, 4.69) is 74.6 Å². The van der Waals surface area contributed by atoms with Crippen LogP contribution in [-0.2, 0) is 32.7 Å². The second kappa shape index (κ2) is 35.4. The molecule has 0 spiro atoms. The maximum Gasteiger partial charge on any atom is 0.472 e. The van der Waals surface area contributed by atoms with Crippen molar-refractivity contribution in [3.05, 3.63) is 60.8 Å². The van der Waals surface area contributed by atoms with E-state index in [1.165, 1.54) is 25.7 Å². The van der Waals surface area contributed by atoms with Crippen molar-refractivity contribution in [1.29, 1.82) is 0 Å². The number of hydrogen-bond donors (Lipinski definition) is 1. The van der Waals surface area contributed by atoms with E-state index < -0.39 is 32.5 Å². The van der Waals surface area contributed by atoms with Crippen LogP contribution in [0.25, 0.3) is 0 Å². The van der Waals surface area contributed by atoms with Crippen molar-refractivity contribution in [2.45, 2.75) is 155 Å². The van der Waals surface area contributed by atoms with Crippen molar-refractivity contribution >= 4 is 19.8 Å². The number of esters is 2. The molecule has 0 saturated heterocycles. The molecule has 10 heteroatoms. The number of nitrogens with zero attached hydrogens (tertiary/aromatic N) is 1. The summed E-state index contributed by atoms with van der Waals surface area (Å²) in [6.07, 6.45) is 41.2. The first-order valence-corrected chi connectivity index (χ1v) is 22.0. The highest BCUT2D eigenvalue weighted by atomic mass is 31.2. The molecule has 0 aromatic carbocycles. The van der Waals surface area contributed by atoms with E-state index in [-0.39, 0.29) is 26.1 Å². The number of carbonyl (C=O) groups excluding carboxylic acids is 2. The molecular weight excluding hydrogens is 689 g/mol. The molecule has 0 rings (SSSR count).